The first-order valence-corrected chi connectivity index (χ1v) is 7.12. The Hall–Kier alpha value is -1.40. The predicted octanol–water partition coefficient (Wildman–Crippen LogP) is 2.15. The molecule has 0 spiro atoms. The van der Waals surface area contributed by atoms with Crippen molar-refractivity contribution in [3.05, 3.63) is 34.3 Å². The smallest absolute Gasteiger partial charge is 0.305 e. The Balaban J connectivity index is 2.22. The summed E-state index contributed by atoms with van der Waals surface area (Å²) in [5.74, 6) is -1.07. The number of rotatable bonds is 4. The van der Waals surface area contributed by atoms with Gasteiger partial charge in [-0.2, -0.15) is 0 Å². The first kappa shape index (κ1) is 15.0. The summed E-state index contributed by atoms with van der Waals surface area (Å²) < 4.78 is 5.98. The van der Waals surface area contributed by atoms with Crippen molar-refractivity contribution in [2.45, 2.75) is 25.0 Å². The van der Waals surface area contributed by atoms with Gasteiger partial charge in [0.2, 0.25) is 0 Å². The van der Waals surface area contributed by atoms with Crippen LogP contribution < -0.4 is 0 Å². The molecule has 1 N–H and O–H groups in total. The molecule has 1 aromatic carbocycles. The number of aliphatic carboxylic acids is 1. The molecule has 2 unspecified atom stereocenters. The van der Waals surface area contributed by atoms with E-state index < -0.39 is 5.97 Å². The first-order chi connectivity index (χ1) is 9.52. The van der Waals surface area contributed by atoms with Crippen LogP contribution in [0.1, 0.15) is 23.2 Å². The van der Waals surface area contributed by atoms with Crippen molar-refractivity contribution >= 4 is 27.8 Å². The zero-order chi connectivity index (χ0) is 14.7. The Bertz CT molecular complexity index is 520. The number of hydrogen-bond donors (Lipinski definition) is 1. The number of nitrogens with zero attached hydrogens (tertiary/aromatic N) is 1. The van der Waals surface area contributed by atoms with E-state index in [2.05, 4.69) is 15.9 Å². The highest BCUT2D eigenvalue weighted by molar-refractivity contribution is 9.10. The lowest BCUT2D eigenvalue weighted by atomic mass is 10.1. The quantitative estimate of drug-likeness (QED) is 0.911. The van der Waals surface area contributed by atoms with Crippen LogP contribution in [-0.4, -0.2) is 47.7 Å². The molecule has 1 fully saturated rings. The number of benzene rings is 1. The first-order valence-electron chi connectivity index (χ1n) is 6.33. The molecule has 2 atom stereocenters. The van der Waals surface area contributed by atoms with Crippen molar-refractivity contribution in [2.75, 3.05) is 13.7 Å². The topological polar surface area (TPSA) is 66.8 Å². The molecule has 1 aliphatic heterocycles. The second kappa shape index (κ2) is 6.37. The van der Waals surface area contributed by atoms with Crippen LogP contribution in [0.2, 0.25) is 0 Å². The summed E-state index contributed by atoms with van der Waals surface area (Å²) in [6.07, 6.45) is 0.389. The van der Waals surface area contributed by atoms with Crippen LogP contribution in [0.5, 0.6) is 0 Å². The van der Waals surface area contributed by atoms with Gasteiger partial charge >= 0.3 is 5.97 Å². The summed E-state index contributed by atoms with van der Waals surface area (Å²) in [7, 11) is 1.58. The van der Waals surface area contributed by atoms with Crippen LogP contribution >= 0.6 is 15.9 Å². The average Bonchev–Trinajstić information content (AvgIpc) is 2.81. The molecule has 0 bridgehead atoms. The van der Waals surface area contributed by atoms with Crippen molar-refractivity contribution in [2.24, 2.45) is 0 Å². The van der Waals surface area contributed by atoms with Crippen molar-refractivity contribution in [1.82, 2.24) is 4.90 Å². The summed E-state index contributed by atoms with van der Waals surface area (Å²) in [6.45, 7) is 0.425. The number of likely N-dealkylation sites (tertiary alicyclic amines) is 1. The molecule has 1 aliphatic rings. The van der Waals surface area contributed by atoms with Crippen LogP contribution in [-0.2, 0) is 9.53 Å². The molecule has 20 heavy (non-hydrogen) atoms. The number of carboxylic acids is 1. The number of carbonyl (C=O) groups excluding carboxylic acids is 1. The number of ether oxygens (including phenoxy) is 1. The normalized spacial score (nSPS) is 22.0. The summed E-state index contributed by atoms with van der Waals surface area (Å²) in [4.78, 5) is 25.1. The minimum absolute atomic E-state index is 0.0595. The fourth-order valence-corrected chi connectivity index (χ4v) is 2.93. The zero-order valence-corrected chi connectivity index (χ0v) is 12.7. The number of carboxylic acid groups (broad SMARTS) is 1. The minimum atomic E-state index is -0.906. The van der Waals surface area contributed by atoms with Crippen molar-refractivity contribution in [3.8, 4) is 0 Å². The van der Waals surface area contributed by atoms with Crippen LogP contribution in [0.15, 0.2) is 28.7 Å². The fraction of sp³-hybridized carbons (Fsp3) is 0.429. The van der Waals surface area contributed by atoms with E-state index in [1.807, 2.05) is 6.07 Å². The van der Waals surface area contributed by atoms with Gasteiger partial charge in [-0.1, -0.05) is 12.1 Å². The van der Waals surface area contributed by atoms with E-state index in [-0.39, 0.29) is 24.5 Å². The molecule has 1 amide bonds. The van der Waals surface area contributed by atoms with Crippen LogP contribution in [0, 0.1) is 0 Å². The van der Waals surface area contributed by atoms with Gasteiger partial charge in [0.25, 0.3) is 5.91 Å². The molecule has 0 aromatic heterocycles. The van der Waals surface area contributed by atoms with Crippen LogP contribution in [0.3, 0.4) is 0 Å². The largest absolute Gasteiger partial charge is 0.481 e. The SMILES string of the molecule is COC1CC(CC(=O)O)N(C(=O)c2ccccc2Br)C1. The van der Waals surface area contributed by atoms with Crippen molar-refractivity contribution in [3.63, 3.8) is 0 Å². The number of halogens is 1. The standard InChI is InChI=1S/C14H16BrNO4/c1-20-10-6-9(7-13(17)18)16(8-10)14(19)11-4-2-3-5-12(11)15/h2-5,9-10H,6-8H2,1H3,(H,17,18). The van der Waals surface area contributed by atoms with E-state index in [0.29, 0.717) is 23.0 Å². The Morgan fingerprint density at radius 2 is 2.15 bits per heavy atom. The lowest BCUT2D eigenvalue weighted by Crippen LogP contribution is -2.37. The molecule has 0 aliphatic carbocycles. The van der Waals surface area contributed by atoms with Gasteiger partial charge < -0.3 is 14.7 Å². The summed E-state index contributed by atoms with van der Waals surface area (Å²) in [5, 5.41) is 8.97. The van der Waals surface area contributed by atoms with E-state index in [0.717, 1.165) is 0 Å². The zero-order valence-electron chi connectivity index (χ0n) is 11.1. The molecule has 1 saturated heterocycles. The maximum absolute atomic E-state index is 12.6. The Labute approximate surface area is 125 Å². The average molecular weight is 342 g/mol. The van der Waals surface area contributed by atoms with Gasteiger partial charge in [0, 0.05) is 24.2 Å². The molecule has 108 valence electrons. The predicted molar refractivity (Wildman–Crippen MR) is 76.6 cm³/mol. The monoisotopic (exact) mass is 341 g/mol. The molecular formula is C14H16BrNO4. The summed E-state index contributed by atoms with van der Waals surface area (Å²) in [5.41, 5.74) is 0.541. The molecular weight excluding hydrogens is 326 g/mol. The number of hydrogen-bond acceptors (Lipinski definition) is 3. The molecule has 6 heteroatoms. The highest BCUT2D eigenvalue weighted by Gasteiger charge is 2.37. The Morgan fingerprint density at radius 1 is 1.45 bits per heavy atom. The number of methoxy groups -OCH3 is 1. The van der Waals surface area contributed by atoms with Crippen molar-refractivity contribution < 1.29 is 19.4 Å². The van der Waals surface area contributed by atoms with Gasteiger partial charge in [-0.15, -0.1) is 0 Å². The number of carbonyl (C=O) groups is 2. The van der Waals surface area contributed by atoms with Gasteiger partial charge in [-0.3, -0.25) is 9.59 Å². The highest BCUT2D eigenvalue weighted by Crippen LogP contribution is 2.27. The van der Waals surface area contributed by atoms with Gasteiger partial charge in [0.05, 0.1) is 18.1 Å². The van der Waals surface area contributed by atoms with E-state index in [9.17, 15) is 9.59 Å². The molecule has 1 aromatic rings. The molecule has 5 nitrogen and oxygen atoms in total. The molecule has 0 radical (unpaired) electrons. The second-order valence-electron chi connectivity index (χ2n) is 4.78. The summed E-state index contributed by atoms with van der Waals surface area (Å²) in [6, 6.07) is 6.82. The maximum atomic E-state index is 12.6. The van der Waals surface area contributed by atoms with Crippen molar-refractivity contribution in [1.29, 1.82) is 0 Å². The van der Waals surface area contributed by atoms with E-state index in [1.54, 1.807) is 30.2 Å². The van der Waals surface area contributed by atoms with Gasteiger partial charge in [0.15, 0.2) is 0 Å². The van der Waals surface area contributed by atoms with E-state index >= 15 is 0 Å². The third kappa shape index (κ3) is 3.19. The van der Waals surface area contributed by atoms with Gasteiger partial charge in [-0.25, -0.2) is 0 Å². The second-order valence-corrected chi connectivity index (χ2v) is 5.64. The van der Waals surface area contributed by atoms with Crippen LogP contribution in [0.4, 0.5) is 0 Å². The lowest BCUT2D eigenvalue weighted by molar-refractivity contribution is -0.137. The maximum Gasteiger partial charge on any atom is 0.305 e. The number of amides is 1. The Morgan fingerprint density at radius 3 is 2.75 bits per heavy atom. The molecule has 1 heterocycles. The van der Waals surface area contributed by atoms with Crippen LogP contribution in [0.25, 0.3) is 0 Å². The van der Waals surface area contributed by atoms with Gasteiger partial charge in [-0.05, 0) is 34.5 Å². The molecule has 2 rings (SSSR count). The Kier molecular flexibility index (Phi) is 4.77. The highest BCUT2D eigenvalue weighted by atomic mass is 79.9. The van der Waals surface area contributed by atoms with E-state index in [1.165, 1.54) is 0 Å². The fourth-order valence-electron chi connectivity index (χ4n) is 2.48. The minimum Gasteiger partial charge on any atom is -0.481 e. The third-order valence-electron chi connectivity index (χ3n) is 3.48. The van der Waals surface area contributed by atoms with Gasteiger partial charge in [0.1, 0.15) is 0 Å². The molecule has 0 saturated carbocycles. The summed E-state index contributed by atoms with van der Waals surface area (Å²) >= 11 is 3.35. The lowest BCUT2D eigenvalue weighted by Gasteiger charge is -2.23. The van der Waals surface area contributed by atoms with E-state index in [4.69, 9.17) is 9.84 Å². The third-order valence-corrected chi connectivity index (χ3v) is 4.18.